The van der Waals surface area contributed by atoms with Gasteiger partial charge in [0, 0.05) is 16.2 Å². The first kappa shape index (κ1) is 16.3. The lowest BCUT2D eigenvalue weighted by Crippen LogP contribution is -2.11. The van der Waals surface area contributed by atoms with Crippen LogP contribution >= 0.6 is 22.7 Å². The molecule has 0 aliphatic carbocycles. The molecule has 0 radical (unpaired) electrons. The summed E-state index contributed by atoms with van der Waals surface area (Å²) in [4.78, 5) is 28.4. The van der Waals surface area contributed by atoms with E-state index >= 15 is 0 Å². The normalized spacial score (nSPS) is 10.6. The Labute approximate surface area is 124 Å². The van der Waals surface area contributed by atoms with Gasteiger partial charge in [-0.2, -0.15) is 0 Å². The molecular weight excluding hydrogens is 298 g/mol. The van der Waals surface area contributed by atoms with Gasteiger partial charge < -0.3 is 10.8 Å². The van der Waals surface area contributed by atoms with Crippen LogP contribution in [0.4, 0.5) is 0 Å². The highest BCUT2D eigenvalue weighted by molar-refractivity contribution is 7.10. The topological polar surface area (TPSA) is 106 Å². The monoisotopic (exact) mass is 313 g/mol. The zero-order chi connectivity index (χ0) is 15.3. The van der Waals surface area contributed by atoms with E-state index in [4.69, 9.17) is 10.8 Å². The molecule has 0 saturated carbocycles. The lowest BCUT2D eigenvalue weighted by Gasteiger charge is -2.13. The largest absolute Gasteiger partial charge is 0.476 e. The van der Waals surface area contributed by atoms with Crippen LogP contribution in [0, 0.1) is 0 Å². The standard InChI is InChI=1S/C8H11NO2S.C4H4N2OS/c1-8(2,3)7-9-5(4-12-7)6(10)11;5-4(7)3-1-8-2-6-3/h4H,1-3H3,(H,10,11);1-2H,(H2,5,7). The lowest BCUT2D eigenvalue weighted by molar-refractivity contribution is 0.0690. The Hall–Kier alpha value is -1.80. The highest BCUT2D eigenvalue weighted by Gasteiger charge is 2.19. The second kappa shape index (κ2) is 6.58. The van der Waals surface area contributed by atoms with Crippen LogP contribution in [0.5, 0.6) is 0 Å². The first-order valence-electron chi connectivity index (χ1n) is 5.59. The van der Waals surface area contributed by atoms with Crippen LogP contribution < -0.4 is 5.73 Å². The van der Waals surface area contributed by atoms with Crippen LogP contribution in [-0.2, 0) is 5.41 Å². The number of carboxylic acids is 1. The lowest BCUT2D eigenvalue weighted by atomic mass is 9.98. The first-order valence-corrected chi connectivity index (χ1v) is 7.41. The Bertz CT molecular complexity index is 585. The Balaban J connectivity index is 0.000000217. The molecule has 0 aliphatic heterocycles. The average molecular weight is 313 g/mol. The molecule has 20 heavy (non-hydrogen) atoms. The smallest absolute Gasteiger partial charge is 0.355 e. The van der Waals surface area contributed by atoms with Crippen molar-refractivity contribution in [1.29, 1.82) is 0 Å². The molecule has 3 N–H and O–H groups in total. The Morgan fingerprint density at radius 2 is 1.90 bits per heavy atom. The second-order valence-electron chi connectivity index (χ2n) is 4.83. The molecule has 0 aliphatic rings. The van der Waals surface area contributed by atoms with Crippen LogP contribution in [0.2, 0.25) is 0 Å². The van der Waals surface area contributed by atoms with Crippen LogP contribution in [0.3, 0.4) is 0 Å². The highest BCUT2D eigenvalue weighted by atomic mass is 32.1. The van der Waals surface area contributed by atoms with E-state index in [1.165, 1.54) is 22.7 Å². The van der Waals surface area contributed by atoms with E-state index in [1.807, 2.05) is 20.8 Å². The summed E-state index contributed by atoms with van der Waals surface area (Å²) < 4.78 is 0. The predicted octanol–water partition coefficient (Wildman–Crippen LogP) is 2.38. The minimum Gasteiger partial charge on any atom is -0.476 e. The number of thiazole rings is 2. The van der Waals surface area contributed by atoms with Crippen molar-refractivity contribution in [1.82, 2.24) is 9.97 Å². The zero-order valence-electron chi connectivity index (χ0n) is 11.3. The van der Waals surface area contributed by atoms with E-state index in [-0.39, 0.29) is 11.1 Å². The van der Waals surface area contributed by atoms with Gasteiger partial charge in [-0.1, -0.05) is 20.8 Å². The van der Waals surface area contributed by atoms with Crippen molar-refractivity contribution in [3.63, 3.8) is 0 Å². The van der Waals surface area contributed by atoms with E-state index in [0.29, 0.717) is 5.69 Å². The third-order valence-corrected chi connectivity index (χ3v) is 3.90. The van der Waals surface area contributed by atoms with E-state index in [9.17, 15) is 9.59 Å². The molecule has 0 unspecified atom stereocenters. The third-order valence-electron chi connectivity index (χ3n) is 2.05. The number of aromatic nitrogens is 2. The molecule has 0 atom stereocenters. The first-order chi connectivity index (χ1) is 9.21. The van der Waals surface area contributed by atoms with Crippen molar-refractivity contribution in [3.8, 4) is 0 Å². The number of hydrogen-bond acceptors (Lipinski definition) is 6. The van der Waals surface area contributed by atoms with Crippen molar-refractivity contribution in [2.45, 2.75) is 26.2 Å². The fraction of sp³-hybridized carbons (Fsp3) is 0.333. The van der Waals surface area contributed by atoms with Gasteiger partial charge >= 0.3 is 5.97 Å². The minimum absolute atomic E-state index is 0.0572. The molecule has 1 amide bonds. The van der Waals surface area contributed by atoms with E-state index < -0.39 is 11.9 Å². The highest BCUT2D eigenvalue weighted by Crippen LogP contribution is 2.25. The van der Waals surface area contributed by atoms with Gasteiger partial charge in [0.1, 0.15) is 5.69 Å². The van der Waals surface area contributed by atoms with Crippen molar-refractivity contribution in [2.24, 2.45) is 5.73 Å². The summed E-state index contributed by atoms with van der Waals surface area (Å²) in [6.07, 6.45) is 0. The van der Waals surface area contributed by atoms with Crippen LogP contribution in [0.25, 0.3) is 0 Å². The molecule has 2 aromatic rings. The third kappa shape index (κ3) is 4.71. The molecule has 6 nitrogen and oxygen atoms in total. The maximum atomic E-state index is 10.5. The molecule has 0 spiro atoms. The molecule has 0 saturated heterocycles. The Kier molecular flexibility index (Phi) is 5.34. The summed E-state index contributed by atoms with van der Waals surface area (Å²) in [5.74, 6) is -1.42. The number of primary amides is 1. The molecule has 8 heteroatoms. The molecule has 0 bridgehead atoms. The number of amides is 1. The number of aromatic carboxylic acids is 1. The van der Waals surface area contributed by atoms with Gasteiger partial charge in [-0.3, -0.25) is 4.79 Å². The van der Waals surface area contributed by atoms with Gasteiger partial charge in [0.25, 0.3) is 5.91 Å². The fourth-order valence-corrected chi connectivity index (χ4v) is 2.47. The van der Waals surface area contributed by atoms with Gasteiger partial charge in [0.15, 0.2) is 5.69 Å². The van der Waals surface area contributed by atoms with Crippen LogP contribution in [-0.4, -0.2) is 27.0 Å². The maximum Gasteiger partial charge on any atom is 0.355 e. The summed E-state index contributed by atoms with van der Waals surface area (Å²) in [7, 11) is 0. The van der Waals surface area contributed by atoms with Crippen LogP contribution in [0.15, 0.2) is 16.3 Å². The average Bonchev–Trinajstić information content (AvgIpc) is 3.01. The number of nitrogens with zero attached hydrogens (tertiary/aromatic N) is 2. The fourth-order valence-electron chi connectivity index (χ4n) is 1.05. The molecule has 108 valence electrons. The summed E-state index contributed by atoms with van der Waals surface area (Å²) in [6, 6.07) is 0. The quantitative estimate of drug-likeness (QED) is 0.885. The maximum absolute atomic E-state index is 10.5. The van der Waals surface area contributed by atoms with E-state index in [1.54, 1.807) is 16.3 Å². The Morgan fingerprint density at radius 3 is 2.15 bits per heavy atom. The number of carbonyl (C=O) groups excluding carboxylic acids is 1. The van der Waals surface area contributed by atoms with Gasteiger partial charge in [-0.05, 0) is 0 Å². The van der Waals surface area contributed by atoms with Crippen molar-refractivity contribution in [2.75, 3.05) is 0 Å². The van der Waals surface area contributed by atoms with Crippen molar-refractivity contribution in [3.05, 3.63) is 32.7 Å². The summed E-state index contributed by atoms with van der Waals surface area (Å²) in [6.45, 7) is 6.03. The van der Waals surface area contributed by atoms with Gasteiger partial charge in [-0.15, -0.1) is 22.7 Å². The number of nitrogens with two attached hydrogens (primary N) is 1. The molecule has 2 aromatic heterocycles. The number of carbonyl (C=O) groups is 2. The molecule has 2 rings (SSSR count). The van der Waals surface area contributed by atoms with Gasteiger partial charge in [-0.25, -0.2) is 14.8 Å². The molecule has 0 aromatic carbocycles. The van der Waals surface area contributed by atoms with Gasteiger partial charge in [0.2, 0.25) is 0 Å². The number of carboxylic acid groups (broad SMARTS) is 1. The summed E-state index contributed by atoms with van der Waals surface area (Å²) >= 11 is 2.75. The number of hydrogen-bond donors (Lipinski definition) is 2. The van der Waals surface area contributed by atoms with Crippen molar-refractivity contribution >= 4 is 34.6 Å². The van der Waals surface area contributed by atoms with E-state index in [2.05, 4.69) is 9.97 Å². The second-order valence-corrected chi connectivity index (χ2v) is 6.41. The Morgan fingerprint density at radius 1 is 1.25 bits per heavy atom. The molecule has 0 fully saturated rings. The summed E-state index contributed by atoms with van der Waals surface area (Å²) in [5.41, 5.74) is 6.86. The van der Waals surface area contributed by atoms with E-state index in [0.717, 1.165) is 5.01 Å². The summed E-state index contributed by atoms with van der Waals surface area (Å²) in [5, 5.41) is 12.7. The minimum atomic E-state index is -0.957. The molecular formula is C12H15N3O3S2. The zero-order valence-corrected chi connectivity index (χ0v) is 12.9. The molecule has 2 heterocycles. The van der Waals surface area contributed by atoms with Crippen LogP contribution in [0.1, 0.15) is 46.8 Å². The van der Waals surface area contributed by atoms with Crippen molar-refractivity contribution < 1.29 is 14.7 Å². The predicted molar refractivity (Wildman–Crippen MR) is 78.4 cm³/mol. The van der Waals surface area contributed by atoms with Gasteiger partial charge in [0.05, 0.1) is 10.5 Å². The SMILES string of the molecule is CC(C)(C)c1nc(C(=O)O)cs1.NC(=O)c1cscn1. The number of rotatable bonds is 2.